The molecule has 0 atom stereocenters. The number of carbonyl (C=O) groups excluding carboxylic acids is 1. The van der Waals surface area contributed by atoms with Crippen LogP contribution in [0, 0.1) is 17.5 Å². The number of amides is 1. The Hall–Kier alpha value is -3.29. The minimum absolute atomic E-state index is 0.0553. The highest BCUT2D eigenvalue weighted by Gasteiger charge is 2.18. The summed E-state index contributed by atoms with van der Waals surface area (Å²) in [5, 5.41) is 6.38. The van der Waals surface area contributed by atoms with Crippen LogP contribution < -0.4 is 10.1 Å². The fraction of sp³-hybridized carbons (Fsp3) is 0.111. The van der Waals surface area contributed by atoms with Gasteiger partial charge in [-0.1, -0.05) is 12.1 Å². The zero-order valence-electron chi connectivity index (χ0n) is 13.7. The highest BCUT2D eigenvalue weighted by atomic mass is 19.1. The minimum atomic E-state index is -0.974. The normalized spacial score (nSPS) is 10.6. The maximum Gasteiger partial charge on any atom is 0.262 e. The van der Waals surface area contributed by atoms with Crippen molar-refractivity contribution < 1.29 is 22.7 Å². The van der Waals surface area contributed by atoms with E-state index in [0.717, 1.165) is 18.2 Å². The number of carbonyl (C=O) groups is 1. The molecule has 1 heterocycles. The molecule has 0 aliphatic carbocycles. The first-order valence-corrected chi connectivity index (χ1v) is 7.60. The number of ether oxygens (including phenoxy) is 1. The quantitative estimate of drug-likeness (QED) is 0.755. The lowest BCUT2D eigenvalue weighted by Crippen LogP contribution is -2.16. The van der Waals surface area contributed by atoms with Gasteiger partial charge in [-0.15, -0.1) is 0 Å². The molecule has 0 unspecified atom stereocenters. The molecular weight excluding hydrogens is 347 g/mol. The summed E-state index contributed by atoms with van der Waals surface area (Å²) in [6.45, 7) is 0.0553. The number of nitrogens with zero attached hydrogens (tertiary/aromatic N) is 2. The predicted molar refractivity (Wildman–Crippen MR) is 88.6 cm³/mol. The van der Waals surface area contributed by atoms with Gasteiger partial charge in [0.2, 0.25) is 0 Å². The molecule has 0 spiro atoms. The first kappa shape index (κ1) is 17.5. The van der Waals surface area contributed by atoms with Crippen molar-refractivity contribution in [3.05, 3.63) is 77.2 Å². The summed E-state index contributed by atoms with van der Waals surface area (Å²) >= 11 is 0. The summed E-state index contributed by atoms with van der Waals surface area (Å²) < 4.78 is 47.7. The van der Waals surface area contributed by atoms with Gasteiger partial charge in [-0.05, 0) is 24.3 Å². The zero-order chi connectivity index (χ0) is 18.7. The van der Waals surface area contributed by atoms with Gasteiger partial charge in [0.1, 0.15) is 28.8 Å². The van der Waals surface area contributed by atoms with Gasteiger partial charge >= 0.3 is 0 Å². The lowest BCUT2D eigenvalue weighted by molar-refractivity contribution is 0.101. The van der Waals surface area contributed by atoms with Crippen LogP contribution in [0.5, 0.6) is 5.75 Å². The van der Waals surface area contributed by atoms with E-state index < -0.39 is 28.9 Å². The highest BCUT2D eigenvalue weighted by molar-refractivity contribution is 6.04. The molecule has 8 heteroatoms. The van der Waals surface area contributed by atoms with Gasteiger partial charge in [0, 0.05) is 12.3 Å². The molecule has 1 amide bonds. The molecule has 0 saturated heterocycles. The predicted octanol–water partition coefficient (Wildman–Crippen LogP) is 3.61. The van der Waals surface area contributed by atoms with Crippen LogP contribution >= 0.6 is 0 Å². The van der Waals surface area contributed by atoms with Gasteiger partial charge < -0.3 is 10.1 Å². The molecule has 26 heavy (non-hydrogen) atoms. The van der Waals surface area contributed by atoms with Crippen LogP contribution in [0.15, 0.2) is 48.7 Å². The SMILES string of the molecule is COc1cccc(F)c1Cn1ccc(NC(=O)c2c(F)cccc2F)n1. The van der Waals surface area contributed by atoms with E-state index in [-0.39, 0.29) is 17.9 Å². The molecular formula is C18H14F3N3O2. The molecule has 134 valence electrons. The Kier molecular flexibility index (Phi) is 4.92. The van der Waals surface area contributed by atoms with Crippen molar-refractivity contribution in [1.82, 2.24) is 9.78 Å². The van der Waals surface area contributed by atoms with E-state index in [9.17, 15) is 18.0 Å². The minimum Gasteiger partial charge on any atom is -0.496 e. The Morgan fingerprint density at radius 2 is 1.73 bits per heavy atom. The summed E-state index contributed by atoms with van der Waals surface area (Å²) in [6, 6.07) is 9.01. The molecule has 0 saturated carbocycles. The van der Waals surface area contributed by atoms with Crippen LogP contribution in [-0.4, -0.2) is 22.8 Å². The van der Waals surface area contributed by atoms with Crippen molar-refractivity contribution in [2.24, 2.45) is 0 Å². The van der Waals surface area contributed by atoms with Gasteiger partial charge in [-0.3, -0.25) is 9.48 Å². The first-order valence-electron chi connectivity index (χ1n) is 7.60. The maximum atomic E-state index is 14.0. The maximum absolute atomic E-state index is 14.0. The Balaban J connectivity index is 1.78. The number of aromatic nitrogens is 2. The number of anilines is 1. The Morgan fingerprint density at radius 3 is 2.42 bits per heavy atom. The topological polar surface area (TPSA) is 56.1 Å². The van der Waals surface area contributed by atoms with E-state index in [1.165, 1.54) is 36.2 Å². The average molecular weight is 361 g/mol. The second-order valence-corrected chi connectivity index (χ2v) is 5.37. The van der Waals surface area contributed by atoms with E-state index in [1.807, 2.05) is 0 Å². The number of halogens is 3. The Morgan fingerprint density at radius 1 is 1.08 bits per heavy atom. The standard InChI is InChI=1S/C18H14F3N3O2/c1-26-15-7-3-4-12(19)11(15)10-24-9-8-16(23-24)22-18(25)17-13(20)5-2-6-14(17)21/h2-9H,10H2,1H3,(H,22,23,25). The van der Waals surface area contributed by atoms with E-state index in [4.69, 9.17) is 4.74 Å². The van der Waals surface area contributed by atoms with Gasteiger partial charge in [-0.2, -0.15) is 5.10 Å². The number of rotatable bonds is 5. The van der Waals surface area contributed by atoms with Crippen LogP contribution in [0.3, 0.4) is 0 Å². The van der Waals surface area contributed by atoms with Crippen LogP contribution in [0.2, 0.25) is 0 Å². The number of nitrogens with one attached hydrogen (secondary N) is 1. The third kappa shape index (κ3) is 3.53. The van der Waals surface area contributed by atoms with Gasteiger partial charge in [0.25, 0.3) is 5.91 Å². The molecule has 3 rings (SSSR count). The summed E-state index contributed by atoms with van der Waals surface area (Å²) in [6.07, 6.45) is 1.50. The molecule has 3 aromatic rings. The van der Waals surface area contributed by atoms with E-state index in [1.54, 1.807) is 6.07 Å². The lowest BCUT2D eigenvalue weighted by atomic mass is 10.2. The molecule has 0 aliphatic rings. The van der Waals surface area contributed by atoms with Crippen LogP contribution in [-0.2, 0) is 6.54 Å². The molecule has 0 aliphatic heterocycles. The largest absolute Gasteiger partial charge is 0.496 e. The third-order valence-corrected chi connectivity index (χ3v) is 3.69. The molecule has 0 radical (unpaired) electrons. The fourth-order valence-electron chi connectivity index (χ4n) is 2.46. The van der Waals surface area contributed by atoms with Crippen LogP contribution in [0.25, 0.3) is 0 Å². The number of methoxy groups -OCH3 is 1. The van der Waals surface area contributed by atoms with Crippen molar-refractivity contribution in [3.63, 3.8) is 0 Å². The van der Waals surface area contributed by atoms with Crippen molar-refractivity contribution in [3.8, 4) is 5.75 Å². The fourth-order valence-corrected chi connectivity index (χ4v) is 2.46. The summed E-state index contributed by atoms with van der Waals surface area (Å²) in [4.78, 5) is 12.1. The molecule has 0 bridgehead atoms. The van der Waals surface area contributed by atoms with E-state index >= 15 is 0 Å². The third-order valence-electron chi connectivity index (χ3n) is 3.69. The van der Waals surface area contributed by atoms with Gasteiger partial charge in [0.15, 0.2) is 5.82 Å². The van der Waals surface area contributed by atoms with Crippen molar-refractivity contribution >= 4 is 11.7 Å². The first-order chi connectivity index (χ1) is 12.5. The second-order valence-electron chi connectivity index (χ2n) is 5.37. The van der Waals surface area contributed by atoms with Gasteiger partial charge in [0.05, 0.1) is 19.2 Å². The van der Waals surface area contributed by atoms with Gasteiger partial charge in [-0.25, -0.2) is 13.2 Å². The monoisotopic (exact) mass is 361 g/mol. The lowest BCUT2D eigenvalue weighted by Gasteiger charge is -2.09. The molecule has 5 nitrogen and oxygen atoms in total. The number of hydrogen-bond donors (Lipinski definition) is 1. The summed E-state index contributed by atoms with van der Waals surface area (Å²) in [5.74, 6) is -2.93. The Labute approximate surface area is 147 Å². The van der Waals surface area contributed by atoms with Crippen molar-refractivity contribution in [2.45, 2.75) is 6.54 Å². The molecule has 0 fully saturated rings. The summed E-state index contributed by atoms with van der Waals surface area (Å²) in [7, 11) is 1.43. The van der Waals surface area contributed by atoms with Crippen LogP contribution in [0.1, 0.15) is 15.9 Å². The number of hydrogen-bond acceptors (Lipinski definition) is 3. The second kappa shape index (κ2) is 7.30. The van der Waals surface area contributed by atoms with E-state index in [2.05, 4.69) is 10.4 Å². The highest BCUT2D eigenvalue weighted by Crippen LogP contribution is 2.22. The molecule has 1 aromatic heterocycles. The smallest absolute Gasteiger partial charge is 0.262 e. The average Bonchev–Trinajstić information content (AvgIpc) is 3.03. The zero-order valence-corrected chi connectivity index (χ0v) is 13.7. The molecule has 1 N–H and O–H groups in total. The van der Waals surface area contributed by atoms with Crippen LogP contribution in [0.4, 0.5) is 19.0 Å². The van der Waals surface area contributed by atoms with Crippen molar-refractivity contribution in [1.29, 1.82) is 0 Å². The Bertz CT molecular complexity index is 936. The van der Waals surface area contributed by atoms with E-state index in [0.29, 0.717) is 5.75 Å². The summed E-state index contributed by atoms with van der Waals surface area (Å²) in [5.41, 5.74) is -0.408. The van der Waals surface area contributed by atoms with Crippen molar-refractivity contribution in [2.75, 3.05) is 12.4 Å². The molecule has 2 aromatic carbocycles. The number of benzene rings is 2.